The van der Waals surface area contributed by atoms with Gasteiger partial charge in [-0.05, 0) is 55.0 Å². The molecule has 0 bridgehead atoms. The number of esters is 1. The van der Waals surface area contributed by atoms with Crippen LogP contribution in [0.5, 0.6) is 5.75 Å². The van der Waals surface area contributed by atoms with E-state index < -0.39 is 23.4 Å². The molecule has 3 aromatic rings. The summed E-state index contributed by atoms with van der Waals surface area (Å²) in [6.45, 7) is 1.76. The van der Waals surface area contributed by atoms with Gasteiger partial charge >= 0.3 is 5.97 Å². The highest BCUT2D eigenvalue weighted by Crippen LogP contribution is 2.39. The minimum absolute atomic E-state index is 0.0575. The number of morpholine rings is 1. The summed E-state index contributed by atoms with van der Waals surface area (Å²) < 4.78 is 32.1. The third kappa shape index (κ3) is 4.96. The second-order valence-electron chi connectivity index (χ2n) is 10.7. The Bertz CT molecular complexity index is 1420. The summed E-state index contributed by atoms with van der Waals surface area (Å²) in [6, 6.07) is 12.1. The molecule has 1 spiro atoms. The number of halogens is 1. The number of likely N-dealkylation sites (tertiary alicyclic amines) is 1. The van der Waals surface area contributed by atoms with Gasteiger partial charge in [-0.15, -0.1) is 0 Å². The number of amides is 1. The fourth-order valence-electron chi connectivity index (χ4n) is 5.86. The number of aromatic nitrogens is 1. The topological polar surface area (TPSA) is 81.2 Å². The lowest BCUT2D eigenvalue weighted by Gasteiger charge is -2.48. The first kappa shape index (κ1) is 25.7. The van der Waals surface area contributed by atoms with E-state index in [1.54, 1.807) is 19.4 Å². The number of ether oxygens (including phenoxy) is 3. The molecule has 2 aromatic carbocycles. The van der Waals surface area contributed by atoms with Crippen LogP contribution in [-0.4, -0.2) is 78.8 Å². The second kappa shape index (κ2) is 10.2. The Hall–Kier alpha value is -3.56. The zero-order valence-corrected chi connectivity index (χ0v) is 22.2. The van der Waals surface area contributed by atoms with Crippen molar-refractivity contribution in [1.82, 2.24) is 14.8 Å². The molecule has 0 radical (unpaired) electrons. The van der Waals surface area contributed by atoms with Gasteiger partial charge in [0, 0.05) is 30.1 Å². The van der Waals surface area contributed by atoms with E-state index in [2.05, 4.69) is 4.98 Å². The molecule has 2 aliphatic heterocycles. The van der Waals surface area contributed by atoms with Crippen LogP contribution >= 0.6 is 0 Å². The van der Waals surface area contributed by atoms with E-state index in [0.717, 1.165) is 29.3 Å². The van der Waals surface area contributed by atoms with Gasteiger partial charge in [-0.1, -0.05) is 24.3 Å². The maximum absolute atomic E-state index is 15.7. The van der Waals surface area contributed by atoms with Gasteiger partial charge in [-0.2, -0.15) is 0 Å². The van der Waals surface area contributed by atoms with Gasteiger partial charge < -0.3 is 19.1 Å². The molecule has 39 heavy (non-hydrogen) atoms. The Balaban J connectivity index is 1.22. The highest BCUT2D eigenvalue weighted by molar-refractivity contribution is 5.85. The number of hydrogen-bond donors (Lipinski definition) is 0. The quantitative estimate of drug-likeness (QED) is 0.441. The molecule has 1 atom stereocenters. The SMILES string of the molecule is COC(=O)C(c1ccc(-c2ccc3cc(OC)cnc3c2)cc1F)N1CCC2(CC1)CN(C1CC1)C(=O)CO2. The Morgan fingerprint density at radius 2 is 1.85 bits per heavy atom. The molecule has 204 valence electrons. The number of fused-ring (bicyclic) bond motifs is 1. The first-order valence-electron chi connectivity index (χ1n) is 13.4. The van der Waals surface area contributed by atoms with Crippen molar-refractivity contribution in [3.8, 4) is 16.9 Å². The predicted octanol–water partition coefficient (Wildman–Crippen LogP) is 4.12. The summed E-state index contributed by atoms with van der Waals surface area (Å²) in [5.41, 5.74) is 2.16. The third-order valence-corrected chi connectivity index (χ3v) is 8.29. The van der Waals surface area contributed by atoms with Gasteiger partial charge in [0.25, 0.3) is 0 Å². The largest absolute Gasteiger partial charge is 0.495 e. The number of hydrogen-bond acceptors (Lipinski definition) is 7. The van der Waals surface area contributed by atoms with E-state index in [-0.39, 0.29) is 18.1 Å². The molecule has 1 amide bonds. The molecule has 1 unspecified atom stereocenters. The van der Waals surface area contributed by atoms with E-state index in [0.29, 0.717) is 49.8 Å². The maximum Gasteiger partial charge on any atom is 0.327 e. The van der Waals surface area contributed by atoms with Crippen molar-refractivity contribution in [2.24, 2.45) is 0 Å². The second-order valence-corrected chi connectivity index (χ2v) is 10.7. The fourth-order valence-corrected chi connectivity index (χ4v) is 5.86. The lowest BCUT2D eigenvalue weighted by atomic mass is 9.87. The molecule has 2 saturated heterocycles. The van der Waals surface area contributed by atoms with Gasteiger partial charge in [0.2, 0.25) is 5.91 Å². The Labute approximate surface area is 226 Å². The van der Waals surface area contributed by atoms with E-state index >= 15 is 4.39 Å². The van der Waals surface area contributed by atoms with Gasteiger partial charge in [-0.3, -0.25) is 14.7 Å². The van der Waals surface area contributed by atoms with Crippen molar-refractivity contribution in [2.75, 3.05) is 40.5 Å². The van der Waals surface area contributed by atoms with Crippen molar-refractivity contribution < 1.29 is 28.2 Å². The third-order valence-electron chi connectivity index (χ3n) is 8.29. The average molecular weight is 534 g/mol. The van der Waals surface area contributed by atoms with Crippen molar-refractivity contribution in [1.29, 1.82) is 0 Å². The molecule has 6 rings (SSSR count). The predicted molar refractivity (Wildman–Crippen MR) is 143 cm³/mol. The molecular formula is C30H32FN3O5. The molecular weight excluding hydrogens is 501 g/mol. The van der Waals surface area contributed by atoms with Crippen molar-refractivity contribution in [2.45, 2.75) is 43.4 Å². The summed E-state index contributed by atoms with van der Waals surface area (Å²) in [4.78, 5) is 33.6. The zero-order chi connectivity index (χ0) is 27.1. The number of carbonyl (C=O) groups is 2. The molecule has 9 heteroatoms. The molecule has 1 saturated carbocycles. The van der Waals surface area contributed by atoms with E-state index in [1.165, 1.54) is 13.2 Å². The summed E-state index contributed by atoms with van der Waals surface area (Å²) in [7, 11) is 2.92. The fraction of sp³-hybridized carbons (Fsp3) is 0.433. The highest BCUT2D eigenvalue weighted by atomic mass is 19.1. The lowest BCUT2D eigenvalue weighted by molar-refractivity contribution is -0.175. The molecule has 3 heterocycles. The molecule has 3 fully saturated rings. The number of nitrogens with zero attached hydrogens (tertiary/aromatic N) is 3. The Morgan fingerprint density at radius 1 is 1.10 bits per heavy atom. The van der Waals surface area contributed by atoms with Crippen molar-refractivity contribution >= 4 is 22.8 Å². The molecule has 8 nitrogen and oxygen atoms in total. The number of pyridine rings is 1. The number of rotatable bonds is 6. The van der Waals surface area contributed by atoms with Crippen LogP contribution in [0.3, 0.4) is 0 Å². The summed E-state index contributed by atoms with van der Waals surface area (Å²) in [5, 5.41) is 0.926. The van der Waals surface area contributed by atoms with Gasteiger partial charge in [0.05, 0.1) is 38.1 Å². The molecule has 3 aliphatic rings. The number of piperidine rings is 1. The van der Waals surface area contributed by atoms with Crippen LogP contribution in [-0.2, 0) is 19.1 Å². The number of methoxy groups -OCH3 is 2. The van der Waals surface area contributed by atoms with Crippen LogP contribution in [0.15, 0.2) is 48.7 Å². The van der Waals surface area contributed by atoms with E-state index in [4.69, 9.17) is 14.2 Å². The van der Waals surface area contributed by atoms with Gasteiger partial charge in [-0.25, -0.2) is 9.18 Å². The highest BCUT2D eigenvalue weighted by Gasteiger charge is 2.47. The minimum Gasteiger partial charge on any atom is -0.495 e. The lowest BCUT2D eigenvalue weighted by Crippen LogP contribution is -2.59. The zero-order valence-electron chi connectivity index (χ0n) is 22.2. The first-order valence-corrected chi connectivity index (χ1v) is 13.4. The minimum atomic E-state index is -0.864. The smallest absolute Gasteiger partial charge is 0.327 e. The number of benzene rings is 2. The van der Waals surface area contributed by atoms with Crippen molar-refractivity contribution in [3.63, 3.8) is 0 Å². The molecule has 1 aliphatic carbocycles. The molecule has 1 aromatic heterocycles. The van der Waals surface area contributed by atoms with Crippen LogP contribution in [0.4, 0.5) is 4.39 Å². The number of carbonyl (C=O) groups excluding carboxylic acids is 2. The summed E-state index contributed by atoms with van der Waals surface area (Å²) in [6.07, 6.45) is 5.08. The Morgan fingerprint density at radius 3 is 2.54 bits per heavy atom. The van der Waals surface area contributed by atoms with Gasteiger partial charge in [0.15, 0.2) is 0 Å². The molecule has 0 N–H and O–H groups in total. The van der Waals surface area contributed by atoms with Crippen molar-refractivity contribution in [3.05, 3.63) is 60.0 Å². The summed E-state index contributed by atoms with van der Waals surface area (Å²) in [5.74, 6) is -0.236. The average Bonchev–Trinajstić information content (AvgIpc) is 3.81. The van der Waals surface area contributed by atoms with Crippen LogP contribution in [0.25, 0.3) is 22.0 Å². The van der Waals surface area contributed by atoms with E-state index in [1.807, 2.05) is 40.1 Å². The summed E-state index contributed by atoms with van der Waals surface area (Å²) >= 11 is 0. The Kier molecular flexibility index (Phi) is 6.72. The van der Waals surface area contributed by atoms with Crippen LogP contribution in [0.1, 0.15) is 37.3 Å². The van der Waals surface area contributed by atoms with E-state index in [9.17, 15) is 9.59 Å². The van der Waals surface area contributed by atoms with Crippen LogP contribution in [0.2, 0.25) is 0 Å². The maximum atomic E-state index is 15.7. The van der Waals surface area contributed by atoms with Crippen LogP contribution in [0, 0.1) is 5.82 Å². The normalized spacial score (nSPS) is 20.3. The van der Waals surface area contributed by atoms with Crippen LogP contribution < -0.4 is 4.74 Å². The standard InChI is InChI=1S/C30H32FN3O5/c1-37-23-13-21-4-3-20(15-26(21)32-16-23)19-5-8-24(25(31)14-19)28(29(36)38-2)33-11-9-30(10-12-33)18-34(22-6-7-22)27(35)17-39-30/h3-5,8,13-16,22,28H,6-7,9-12,17-18H2,1-2H3. The monoisotopic (exact) mass is 533 g/mol. The van der Waals surface area contributed by atoms with Gasteiger partial charge in [0.1, 0.15) is 24.2 Å². The first-order chi connectivity index (χ1) is 18.9.